The molecule has 1 aromatic rings. The van der Waals surface area contributed by atoms with E-state index in [9.17, 15) is 13.2 Å². The van der Waals surface area contributed by atoms with Crippen LogP contribution in [0.15, 0.2) is 33.6 Å². The van der Waals surface area contributed by atoms with E-state index >= 15 is 0 Å². The molecule has 0 aliphatic heterocycles. The monoisotopic (exact) mass is 440 g/mol. The van der Waals surface area contributed by atoms with E-state index in [0.29, 0.717) is 11.8 Å². The number of halogens is 1. The van der Waals surface area contributed by atoms with Crippen LogP contribution in [0.1, 0.15) is 32.1 Å². The number of hydrogen-bond acceptors (Lipinski definition) is 3. The highest BCUT2D eigenvalue weighted by molar-refractivity contribution is 9.10. The zero-order chi connectivity index (χ0) is 18.5. The van der Waals surface area contributed by atoms with Crippen LogP contribution in [-0.2, 0) is 14.8 Å². The van der Waals surface area contributed by atoms with Gasteiger partial charge in [-0.1, -0.05) is 15.9 Å². The Labute approximate surface area is 163 Å². The fourth-order valence-electron chi connectivity index (χ4n) is 5.47. The highest BCUT2D eigenvalue weighted by Gasteiger charge is 2.48. The van der Waals surface area contributed by atoms with Crippen molar-refractivity contribution in [3.05, 3.63) is 28.7 Å². The summed E-state index contributed by atoms with van der Waals surface area (Å²) in [6, 6.07) is 6.71. The standard InChI is InChI=1S/C19H25BrN2O3S/c1-22(26(24,25)17-4-2-16(20)3-5-17)11-18(23)21-19-14-7-12-6-13(9-14)10-15(19)8-12/h2-5,12-15,19H,6-11H2,1H3,(H,21,23). The van der Waals surface area contributed by atoms with Gasteiger partial charge in [-0.05, 0) is 80.0 Å². The Hall–Kier alpha value is -0.920. The molecule has 7 heteroatoms. The molecule has 0 unspecified atom stereocenters. The van der Waals surface area contributed by atoms with Gasteiger partial charge in [-0.2, -0.15) is 4.31 Å². The summed E-state index contributed by atoms with van der Waals surface area (Å²) >= 11 is 3.30. The number of sulfonamides is 1. The van der Waals surface area contributed by atoms with E-state index in [1.165, 1.54) is 39.2 Å². The molecular weight excluding hydrogens is 416 g/mol. The Morgan fingerprint density at radius 2 is 1.62 bits per heavy atom. The quantitative estimate of drug-likeness (QED) is 0.764. The van der Waals surface area contributed by atoms with Crippen LogP contribution in [0.2, 0.25) is 0 Å². The molecule has 4 aliphatic rings. The van der Waals surface area contributed by atoms with Crippen molar-refractivity contribution in [3.8, 4) is 0 Å². The first-order chi connectivity index (χ1) is 12.3. The maximum Gasteiger partial charge on any atom is 0.243 e. The minimum Gasteiger partial charge on any atom is -0.352 e. The van der Waals surface area contributed by atoms with Gasteiger partial charge in [0.1, 0.15) is 0 Å². The van der Waals surface area contributed by atoms with Gasteiger partial charge in [0.05, 0.1) is 11.4 Å². The Kier molecular flexibility index (Phi) is 4.90. The predicted octanol–water partition coefficient (Wildman–Crippen LogP) is 3.01. The molecule has 4 bridgehead atoms. The lowest BCUT2D eigenvalue weighted by molar-refractivity contribution is -0.125. The fourth-order valence-corrected chi connectivity index (χ4v) is 6.86. The number of carbonyl (C=O) groups excluding carboxylic acids is 1. The van der Waals surface area contributed by atoms with Crippen LogP contribution in [0.3, 0.4) is 0 Å². The van der Waals surface area contributed by atoms with E-state index in [-0.39, 0.29) is 23.4 Å². The average Bonchev–Trinajstić information content (AvgIpc) is 2.58. The van der Waals surface area contributed by atoms with Gasteiger partial charge in [0.25, 0.3) is 0 Å². The van der Waals surface area contributed by atoms with Crippen LogP contribution in [0, 0.1) is 23.7 Å². The van der Waals surface area contributed by atoms with E-state index in [0.717, 1.165) is 20.6 Å². The molecule has 0 saturated heterocycles. The van der Waals surface area contributed by atoms with Gasteiger partial charge in [0.2, 0.25) is 15.9 Å². The third kappa shape index (κ3) is 3.45. The minimum absolute atomic E-state index is 0.138. The topological polar surface area (TPSA) is 66.5 Å². The number of benzene rings is 1. The Morgan fingerprint density at radius 3 is 2.15 bits per heavy atom. The predicted molar refractivity (Wildman–Crippen MR) is 103 cm³/mol. The van der Waals surface area contributed by atoms with Gasteiger partial charge >= 0.3 is 0 Å². The van der Waals surface area contributed by atoms with Crippen LogP contribution < -0.4 is 5.32 Å². The zero-order valence-corrected chi connectivity index (χ0v) is 17.3. The second kappa shape index (κ2) is 6.91. The highest BCUT2D eigenvalue weighted by atomic mass is 79.9. The summed E-state index contributed by atoms with van der Waals surface area (Å²) in [6.07, 6.45) is 6.29. The molecular formula is C19H25BrN2O3S. The Balaban J connectivity index is 1.39. The van der Waals surface area contributed by atoms with Gasteiger partial charge in [0, 0.05) is 17.6 Å². The number of amides is 1. The van der Waals surface area contributed by atoms with Gasteiger partial charge in [0.15, 0.2) is 0 Å². The molecule has 1 amide bonds. The van der Waals surface area contributed by atoms with E-state index in [2.05, 4.69) is 21.2 Å². The zero-order valence-electron chi connectivity index (χ0n) is 14.9. The summed E-state index contributed by atoms with van der Waals surface area (Å²) in [5.41, 5.74) is 0. The summed E-state index contributed by atoms with van der Waals surface area (Å²) in [7, 11) is -2.19. The minimum atomic E-state index is -3.66. The van der Waals surface area contributed by atoms with Gasteiger partial charge in [-0.3, -0.25) is 4.79 Å². The summed E-state index contributed by atoms with van der Waals surface area (Å²) in [5, 5.41) is 3.17. The van der Waals surface area contributed by atoms with Gasteiger partial charge in [-0.15, -0.1) is 0 Å². The van der Waals surface area contributed by atoms with E-state index in [1.807, 2.05) is 0 Å². The third-order valence-corrected chi connectivity index (χ3v) is 8.79. The molecule has 5 rings (SSSR count). The first-order valence-corrected chi connectivity index (χ1v) is 11.6. The van der Waals surface area contributed by atoms with E-state index < -0.39 is 10.0 Å². The van der Waals surface area contributed by atoms with Crippen molar-refractivity contribution < 1.29 is 13.2 Å². The van der Waals surface area contributed by atoms with Crippen molar-refractivity contribution >= 4 is 31.9 Å². The summed E-state index contributed by atoms with van der Waals surface area (Å²) < 4.78 is 27.3. The summed E-state index contributed by atoms with van der Waals surface area (Å²) in [5.74, 6) is 2.69. The maximum absolute atomic E-state index is 12.6. The maximum atomic E-state index is 12.6. The Morgan fingerprint density at radius 1 is 1.08 bits per heavy atom. The first-order valence-electron chi connectivity index (χ1n) is 9.34. The molecule has 0 atom stereocenters. The lowest BCUT2D eigenvalue weighted by atomic mass is 9.54. The molecule has 0 spiro atoms. The molecule has 1 N–H and O–H groups in total. The molecule has 0 aromatic heterocycles. The first kappa shape index (κ1) is 18.4. The van der Waals surface area contributed by atoms with Crippen molar-refractivity contribution in [1.82, 2.24) is 9.62 Å². The van der Waals surface area contributed by atoms with Crippen molar-refractivity contribution in [1.29, 1.82) is 0 Å². The second-order valence-corrected chi connectivity index (χ2v) is 11.2. The normalized spacial score (nSPS) is 32.8. The lowest BCUT2D eigenvalue weighted by Gasteiger charge is -2.54. The number of carbonyl (C=O) groups is 1. The van der Waals surface area contributed by atoms with Crippen molar-refractivity contribution in [2.24, 2.45) is 23.7 Å². The molecule has 26 heavy (non-hydrogen) atoms. The van der Waals surface area contributed by atoms with E-state index in [1.54, 1.807) is 24.3 Å². The Bertz CT molecular complexity index is 766. The molecule has 4 fully saturated rings. The van der Waals surface area contributed by atoms with Crippen LogP contribution in [0.4, 0.5) is 0 Å². The van der Waals surface area contributed by atoms with E-state index in [4.69, 9.17) is 0 Å². The van der Waals surface area contributed by atoms with Crippen LogP contribution in [0.5, 0.6) is 0 Å². The number of hydrogen-bond donors (Lipinski definition) is 1. The summed E-state index contributed by atoms with van der Waals surface area (Å²) in [4.78, 5) is 12.8. The molecule has 0 radical (unpaired) electrons. The average molecular weight is 441 g/mol. The number of nitrogens with one attached hydrogen (secondary N) is 1. The number of likely N-dealkylation sites (N-methyl/N-ethyl adjacent to an activating group) is 1. The molecule has 0 heterocycles. The molecule has 4 aliphatic carbocycles. The number of rotatable bonds is 5. The molecule has 142 valence electrons. The highest BCUT2D eigenvalue weighted by Crippen LogP contribution is 2.53. The lowest BCUT2D eigenvalue weighted by Crippen LogP contribution is -2.57. The summed E-state index contributed by atoms with van der Waals surface area (Å²) in [6.45, 7) is -0.138. The second-order valence-electron chi connectivity index (χ2n) is 8.24. The molecule has 5 nitrogen and oxygen atoms in total. The fraction of sp³-hybridized carbons (Fsp3) is 0.632. The van der Waals surface area contributed by atoms with Gasteiger partial charge in [-0.25, -0.2) is 8.42 Å². The largest absolute Gasteiger partial charge is 0.352 e. The van der Waals surface area contributed by atoms with Crippen molar-refractivity contribution in [3.63, 3.8) is 0 Å². The van der Waals surface area contributed by atoms with Crippen molar-refractivity contribution in [2.75, 3.05) is 13.6 Å². The van der Waals surface area contributed by atoms with Crippen molar-refractivity contribution in [2.45, 2.75) is 43.0 Å². The molecule has 1 aromatic carbocycles. The smallest absolute Gasteiger partial charge is 0.243 e. The molecule has 4 saturated carbocycles. The SMILES string of the molecule is CN(CC(=O)NC1C2CC3CC(C2)CC1C3)S(=O)(=O)c1ccc(Br)cc1. The van der Waals surface area contributed by atoms with Crippen LogP contribution in [0.25, 0.3) is 0 Å². The number of nitrogens with zero attached hydrogens (tertiary/aromatic N) is 1. The van der Waals surface area contributed by atoms with Crippen LogP contribution in [-0.4, -0.2) is 38.3 Å². The van der Waals surface area contributed by atoms with Crippen LogP contribution >= 0.6 is 15.9 Å². The van der Waals surface area contributed by atoms with Gasteiger partial charge < -0.3 is 5.32 Å². The third-order valence-electron chi connectivity index (χ3n) is 6.44.